The lowest BCUT2D eigenvalue weighted by atomic mass is 9.73. The van der Waals surface area contributed by atoms with Gasteiger partial charge >= 0.3 is 5.97 Å². The van der Waals surface area contributed by atoms with E-state index in [4.69, 9.17) is 9.47 Å². The van der Waals surface area contributed by atoms with E-state index in [2.05, 4.69) is 29.2 Å². The first-order chi connectivity index (χ1) is 12.2. The second-order valence-corrected chi connectivity index (χ2v) is 6.78. The number of ether oxygens (including phenoxy) is 2. The highest BCUT2D eigenvalue weighted by Gasteiger charge is 2.34. The molecule has 1 aliphatic rings. The van der Waals surface area contributed by atoms with Crippen LogP contribution < -0.4 is 0 Å². The second-order valence-electron chi connectivity index (χ2n) is 6.78. The van der Waals surface area contributed by atoms with Gasteiger partial charge in [0.1, 0.15) is 0 Å². The highest BCUT2D eigenvalue weighted by molar-refractivity contribution is 5.70. The smallest absolute Gasteiger partial charge is 0.306 e. The van der Waals surface area contributed by atoms with Crippen LogP contribution in [0.3, 0.4) is 0 Å². The zero-order chi connectivity index (χ0) is 17.5. The molecule has 0 radical (unpaired) electrons. The van der Waals surface area contributed by atoms with Crippen molar-refractivity contribution in [3.05, 3.63) is 54.2 Å². The molecule has 0 saturated carbocycles. The molecule has 132 valence electrons. The van der Waals surface area contributed by atoms with Gasteiger partial charge in [-0.1, -0.05) is 30.3 Å². The molecule has 1 fully saturated rings. The fraction of sp³-hybridized carbons (Fsp3) is 0.429. The molecule has 4 nitrogen and oxygen atoms in total. The van der Waals surface area contributed by atoms with E-state index in [9.17, 15) is 4.79 Å². The third kappa shape index (κ3) is 4.67. The van der Waals surface area contributed by atoms with Gasteiger partial charge in [0.15, 0.2) is 0 Å². The Balaban J connectivity index is 1.65. The number of methoxy groups -OCH3 is 1. The maximum absolute atomic E-state index is 11.8. The summed E-state index contributed by atoms with van der Waals surface area (Å²) in [4.78, 5) is 16.2. The average molecular weight is 339 g/mol. The van der Waals surface area contributed by atoms with Gasteiger partial charge < -0.3 is 9.47 Å². The first-order valence-corrected chi connectivity index (χ1v) is 8.86. The molecule has 0 unspecified atom stereocenters. The Hall–Kier alpha value is -2.20. The first kappa shape index (κ1) is 17.6. The normalized spacial score (nSPS) is 16.4. The van der Waals surface area contributed by atoms with Gasteiger partial charge in [0, 0.05) is 25.0 Å². The number of carbonyl (C=O) groups excluding carboxylic acids is 1. The van der Waals surface area contributed by atoms with Gasteiger partial charge in [-0.25, -0.2) is 0 Å². The number of carbonyl (C=O) groups is 1. The van der Waals surface area contributed by atoms with E-state index in [1.807, 2.05) is 24.4 Å². The van der Waals surface area contributed by atoms with Crippen molar-refractivity contribution in [2.75, 3.05) is 20.3 Å². The van der Waals surface area contributed by atoms with E-state index in [0.717, 1.165) is 50.2 Å². The molecule has 0 atom stereocenters. The third-order valence-electron chi connectivity index (χ3n) is 5.16. The Morgan fingerprint density at radius 2 is 1.92 bits per heavy atom. The third-order valence-corrected chi connectivity index (χ3v) is 5.16. The Kier molecular flexibility index (Phi) is 5.82. The van der Waals surface area contributed by atoms with Crippen molar-refractivity contribution in [1.82, 2.24) is 4.98 Å². The molecule has 1 aromatic heterocycles. The number of aryl methyl sites for hydroxylation is 1. The zero-order valence-corrected chi connectivity index (χ0v) is 14.7. The van der Waals surface area contributed by atoms with Gasteiger partial charge in [-0.3, -0.25) is 9.78 Å². The molecule has 0 amide bonds. The van der Waals surface area contributed by atoms with Crippen molar-refractivity contribution < 1.29 is 14.3 Å². The predicted octanol–water partition coefficient (Wildman–Crippen LogP) is 4.04. The van der Waals surface area contributed by atoms with Crippen molar-refractivity contribution in [2.45, 2.75) is 32.1 Å². The molecule has 0 N–H and O–H groups in total. The zero-order valence-electron chi connectivity index (χ0n) is 14.7. The molecule has 25 heavy (non-hydrogen) atoms. The minimum absolute atomic E-state index is 0.00496. The predicted molar refractivity (Wildman–Crippen MR) is 97.1 cm³/mol. The van der Waals surface area contributed by atoms with Crippen molar-refractivity contribution >= 4 is 5.97 Å². The van der Waals surface area contributed by atoms with Gasteiger partial charge in [0.2, 0.25) is 0 Å². The van der Waals surface area contributed by atoms with Gasteiger partial charge in [-0.05, 0) is 48.8 Å². The number of rotatable bonds is 6. The topological polar surface area (TPSA) is 48.4 Å². The van der Waals surface area contributed by atoms with Crippen molar-refractivity contribution in [3.8, 4) is 11.3 Å². The van der Waals surface area contributed by atoms with Gasteiger partial charge in [-0.2, -0.15) is 0 Å². The van der Waals surface area contributed by atoms with Crippen LogP contribution in [0.2, 0.25) is 0 Å². The molecule has 0 aliphatic carbocycles. The van der Waals surface area contributed by atoms with Crippen LogP contribution in [-0.4, -0.2) is 31.3 Å². The standard InChI is InChI=1S/C21H25NO3/c1-24-20(23)16-21(11-14-25-15-12-21)10-9-17-5-7-18(8-6-17)19-4-2-3-13-22-19/h2-8,13H,9-12,14-16H2,1H3. The number of aromatic nitrogens is 1. The summed E-state index contributed by atoms with van der Waals surface area (Å²) < 4.78 is 10.4. The van der Waals surface area contributed by atoms with E-state index in [1.54, 1.807) is 0 Å². The highest BCUT2D eigenvalue weighted by Crippen LogP contribution is 2.39. The quantitative estimate of drug-likeness (QED) is 0.745. The first-order valence-electron chi connectivity index (χ1n) is 8.86. The monoisotopic (exact) mass is 339 g/mol. The Morgan fingerprint density at radius 1 is 1.16 bits per heavy atom. The summed E-state index contributed by atoms with van der Waals surface area (Å²) in [7, 11) is 1.46. The SMILES string of the molecule is COC(=O)CC1(CCc2ccc(-c3ccccn3)cc2)CCOCC1. The Morgan fingerprint density at radius 3 is 2.56 bits per heavy atom. The van der Waals surface area contributed by atoms with E-state index in [1.165, 1.54) is 12.7 Å². The van der Waals surface area contributed by atoms with Crippen LogP contribution in [0.5, 0.6) is 0 Å². The number of benzene rings is 1. The summed E-state index contributed by atoms with van der Waals surface area (Å²) >= 11 is 0. The summed E-state index contributed by atoms with van der Waals surface area (Å²) in [5, 5.41) is 0. The summed E-state index contributed by atoms with van der Waals surface area (Å²) in [5.74, 6) is -0.118. The maximum atomic E-state index is 11.8. The van der Waals surface area contributed by atoms with Crippen LogP contribution in [0.25, 0.3) is 11.3 Å². The van der Waals surface area contributed by atoms with Gasteiger partial charge in [0.05, 0.1) is 19.2 Å². The molecular weight excluding hydrogens is 314 g/mol. The van der Waals surface area contributed by atoms with Crippen LogP contribution in [0.15, 0.2) is 48.7 Å². The number of pyridine rings is 1. The van der Waals surface area contributed by atoms with Crippen molar-refractivity contribution in [3.63, 3.8) is 0 Å². The van der Waals surface area contributed by atoms with E-state index < -0.39 is 0 Å². The summed E-state index contributed by atoms with van der Waals surface area (Å²) in [5.41, 5.74) is 3.40. The highest BCUT2D eigenvalue weighted by atomic mass is 16.5. The molecule has 2 heterocycles. The molecule has 1 aromatic carbocycles. The number of hydrogen-bond donors (Lipinski definition) is 0. The van der Waals surface area contributed by atoms with Crippen molar-refractivity contribution in [1.29, 1.82) is 0 Å². The van der Waals surface area contributed by atoms with Gasteiger partial charge in [-0.15, -0.1) is 0 Å². The second kappa shape index (κ2) is 8.26. The molecule has 0 bridgehead atoms. The molecule has 2 aromatic rings. The average Bonchev–Trinajstić information content (AvgIpc) is 2.68. The lowest BCUT2D eigenvalue weighted by Gasteiger charge is -2.36. The lowest BCUT2D eigenvalue weighted by Crippen LogP contribution is -2.33. The van der Waals surface area contributed by atoms with Crippen LogP contribution in [-0.2, 0) is 20.7 Å². The summed E-state index contributed by atoms with van der Waals surface area (Å²) in [6, 6.07) is 14.5. The van der Waals surface area contributed by atoms with Crippen LogP contribution in [0, 0.1) is 5.41 Å². The lowest BCUT2D eigenvalue weighted by molar-refractivity contribution is -0.145. The molecule has 1 saturated heterocycles. The fourth-order valence-corrected chi connectivity index (χ4v) is 3.48. The maximum Gasteiger partial charge on any atom is 0.306 e. The Bertz CT molecular complexity index is 676. The van der Waals surface area contributed by atoms with E-state index >= 15 is 0 Å². The largest absolute Gasteiger partial charge is 0.469 e. The molecule has 3 rings (SSSR count). The molecule has 1 aliphatic heterocycles. The molecular formula is C21H25NO3. The van der Waals surface area contributed by atoms with Crippen LogP contribution >= 0.6 is 0 Å². The van der Waals surface area contributed by atoms with Crippen molar-refractivity contribution in [2.24, 2.45) is 5.41 Å². The summed E-state index contributed by atoms with van der Waals surface area (Å²) in [6.07, 6.45) is 6.08. The van der Waals surface area contributed by atoms with Crippen LogP contribution in [0.4, 0.5) is 0 Å². The fourth-order valence-electron chi connectivity index (χ4n) is 3.48. The minimum Gasteiger partial charge on any atom is -0.469 e. The number of esters is 1. The molecule has 0 spiro atoms. The molecule has 4 heteroatoms. The minimum atomic E-state index is -0.118. The van der Waals surface area contributed by atoms with Gasteiger partial charge in [0.25, 0.3) is 0 Å². The van der Waals surface area contributed by atoms with Crippen LogP contribution in [0.1, 0.15) is 31.2 Å². The number of nitrogens with zero attached hydrogens (tertiary/aromatic N) is 1. The number of hydrogen-bond acceptors (Lipinski definition) is 4. The Labute approximate surface area is 149 Å². The van der Waals surface area contributed by atoms with E-state index in [-0.39, 0.29) is 11.4 Å². The summed E-state index contributed by atoms with van der Waals surface area (Å²) in [6.45, 7) is 1.46. The van der Waals surface area contributed by atoms with E-state index in [0.29, 0.717) is 6.42 Å².